The molecular formula is C22H22F3N5O2S. The molecule has 1 N–H and O–H groups in total. The van der Waals surface area contributed by atoms with E-state index in [1.807, 2.05) is 17.6 Å². The normalized spacial score (nSPS) is 15.9. The van der Waals surface area contributed by atoms with Gasteiger partial charge in [0.1, 0.15) is 22.7 Å². The summed E-state index contributed by atoms with van der Waals surface area (Å²) >= 11 is 0. The van der Waals surface area contributed by atoms with Crippen molar-refractivity contribution in [3.8, 4) is 17.5 Å². The number of halogens is 3. The lowest BCUT2D eigenvalue weighted by Gasteiger charge is -2.29. The van der Waals surface area contributed by atoms with E-state index in [1.165, 1.54) is 6.07 Å². The van der Waals surface area contributed by atoms with Gasteiger partial charge in [0.2, 0.25) is 10.0 Å². The lowest BCUT2D eigenvalue weighted by molar-refractivity contribution is -0.147. The minimum Gasteiger partial charge on any atom is -0.320 e. The first-order valence-electron chi connectivity index (χ1n) is 10.4. The number of aryl methyl sites for hydroxylation is 2. The minimum absolute atomic E-state index is 0.138. The lowest BCUT2D eigenvalue weighted by atomic mass is 9.92. The first-order chi connectivity index (χ1) is 15.4. The molecule has 1 saturated carbocycles. The molecule has 0 amide bonds. The summed E-state index contributed by atoms with van der Waals surface area (Å²) in [6.45, 7) is 4.24. The fourth-order valence-corrected chi connectivity index (χ4v) is 5.21. The van der Waals surface area contributed by atoms with Crippen LogP contribution in [0.2, 0.25) is 0 Å². The summed E-state index contributed by atoms with van der Waals surface area (Å²) in [4.78, 5) is 8.49. The predicted octanol–water partition coefficient (Wildman–Crippen LogP) is 4.54. The fraction of sp³-hybridized carbons (Fsp3) is 0.409. The van der Waals surface area contributed by atoms with Crippen LogP contribution in [0.15, 0.2) is 29.4 Å². The van der Waals surface area contributed by atoms with Gasteiger partial charge in [-0.3, -0.25) is 4.98 Å². The Kier molecular flexibility index (Phi) is 5.70. The van der Waals surface area contributed by atoms with E-state index in [1.54, 1.807) is 17.8 Å². The molecule has 7 nitrogen and oxygen atoms in total. The number of alkyl halides is 3. The number of pyridine rings is 2. The number of sulfonamides is 1. The van der Waals surface area contributed by atoms with E-state index in [-0.39, 0.29) is 10.9 Å². The van der Waals surface area contributed by atoms with Gasteiger partial charge in [-0.25, -0.2) is 13.4 Å². The third-order valence-corrected chi connectivity index (χ3v) is 7.45. The molecule has 3 heterocycles. The van der Waals surface area contributed by atoms with Crippen LogP contribution in [0.4, 0.5) is 13.2 Å². The van der Waals surface area contributed by atoms with Gasteiger partial charge in [0, 0.05) is 23.8 Å². The molecule has 3 aromatic heterocycles. The molecule has 0 bridgehead atoms. The number of rotatable bonds is 5. The molecule has 11 heteroatoms. The van der Waals surface area contributed by atoms with Crippen molar-refractivity contribution < 1.29 is 21.6 Å². The Morgan fingerprint density at radius 1 is 1.21 bits per heavy atom. The standard InChI is InChI=1S/C22H22F3N5O2S/c1-12-7-17-18(9-26)20(30(15-5-4-6-15)21(17)28-10-12)19-13(2)8-16(11-27-19)33(31,32)29-14(3)22(23,24)25/h7-8,10-11,14-15,29H,4-6H2,1-3H3/t14-/m0/s1. The molecular weight excluding hydrogens is 455 g/mol. The van der Waals surface area contributed by atoms with Crippen LogP contribution in [-0.2, 0) is 10.0 Å². The zero-order valence-corrected chi connectivity index (χ0v) is 19.0. The van der Waals surface area contributed by atoms with Gasteiger partial charge >= 0.3 is 6.18 Å². The molecule has 0 unspecified atom stereocenters. The number of nitriles is 1. The summed E-state index contributed by atoms with van der Waals surface area (Å²) in [5.41, 5.74) is 3.32. The Morgan fingerprint density at radius 2 is 1.91 bits per heavy atom. The van der Waals surface area contributed by atoms with Crippen LogP contribution >= 0.6 is 0 Å². The van der Waals surface area contributed by atoms with E-state index in [2.05, 4.69) is 16.0 Å². The van der Waals surface area contributed by atoms with Crippen molar-refractivity contribution in [1.29, 1.82) is 5.26 Å². The van der Waals surface area contributed by atoms with E-state index in [4.69, 9.17) is 0 Å². The quantitative estimate of drug-likeness (QED) is 0.581. The highest BCUT2D eigenvalue weighted by Crippen LogP contribution is 2.42. The Hall–Kier alpha value is -2.97. The second-order valence-electron chi connectivity index (χ2n) is 8.40. The minimum atomic E-state index is -4.72. The highest BCUT2D eigenvalue weighted by molar-refractivity contribution is 7.89. The summed E-state index contributed by atoms with van der Waals surface area (Å²) in [5.74, 6) is 0. The second-order valence-corrected chi connectivity index (χ2v) is 10.1. The molecule has 1 aliphatic carbocycles. The van der Waals surface area contributed by atoms with Gasteiger partial charge in [-0.2, -0.15) is 23.2 Å². The van der Waals surface area contributed by atoms with Gasteiger partial charge in [-0.1, -0.05) is 0 Å². The van der Waals surface area contributed by atoms with E-state index in [0.29, 0.717) is 33.5 Å². The van der Waals surface area contributed by atoms with E-state index in [0.717, 1.165) is 37.9 Å². The molecule has 0 radical (unpaired) electrons. The number of aromatic nitrogens is 3. The smallest absolute Gasteiger partial charge is 0.320 e. The van der Waals surface area contributed by atoms with Crippen molar-refractivity contribution in [2.24, 2.45) is 0 Å². The van der Waals surface area contributed by atoms with E-state index >= 15 is 0 Å². The van der Waals surface area contributed by atoms with Gasteiger partial charge in [0.05, 0.1) is 17.0 Å². The molecule has 1 fully saturated rings. The van der Waals surface area contributed by atoms with Crippen LogP contribution < -0.4 is 4.72 Å². The van der Waals surface area contributed by atoms with Crippen LogP contribution in [0.25, 0.3) is 22.4 Å². The fourth-order valence-electron chi connectivity index (χ4n) is 3.95. The van der Waals surface area contributed by atoms with Crippen molar-refractivity contribution in [1.82, 2.24) is 19.3 Å². The topological polar surface area (TPSA) is 101 Å². The summed E-state index contributed by atoms with van der Waals surface area (Å²) in [7, 11) is -4.45. The number of hydrogen-bond acceptors (Lipinski definition) is 5. The predicted molar refractivity (Wildman–Crippen MR) is 116 cm³/mol. The van der Waals surface area contributed by atoms with Crippen molar-refractivity contribution >= 4 is 21.1 Å². The number of nitrogens with one attached hydrogen (secondary N) is 1. The molecule has 0 aromatic carbocycles. The third-order valence-electron chi connectivity index (χ3n) is 5.94. The molecule has 0 spiro atoms. The third kappa shape index (κ3) is 4.09. The summed E-state index contributed by atoms with van der Waals surface area (Å²) in [6.07, 6.45) is 0.919. The van der Waals surface area contributed by atoms with Crippen LogP contribution in [0.3, 0.4) is 0 Å². The van der Waals surface area contributed by atoms with E-state index in [9.17, 15) is 26.9 Å². The number of hydrogen-bond donors (Lipinski definition) is 1. The van der Waals surface area contributed by atoms with Crippen molar-refractivity contribution in [3.63, 3.8) is 0 Å². The average Bonchev–Trinajstić information content (AvgIpc) is 2.98. The van der Waals surface area contributed by atoms with Gasteiger partial charge in [-0.05, 0) is 63.3 Å². The molecule has 3 aromatic rings. The maximum absolute atomic E-state index is 12.9. The van der Waals surface area contributed by atoms with Gasteiger partial charge < -0.3 is 4.57 Å². The number of nitrogens with zero attached hydrogens (tertiary/aromatic N) is 4. The largest absolute Gasteiger partial charge is 0.404 e. The van der Waals surface area contributed by atoms with Crippen LogP contribution in [0.1, 0.15) is 48.9 Å². The molecule has 174 valence electrons. The van der Waals surface area contributed by atoms with E-state index < -0.39 is 22.2 Å². The highest BCUT2D eigenvalue weighted by Gasteiger charge is 2.39. The monoisotopic (exact) mass is 477 g/mol. The molecule has 0 aliphatic heterocycles. The Bertz CT molecular complexity index is 1390. The summed E-state index contributed by atoms with van der Waals surface area (Å²) < 4.78 is 67.2. The zero-order chi connectivity index (χ0) is 24.1. The first kappa shape index (κ1) is 23.2. The first-order valence-corrected chi connectivity index (χ1v) is 11.9. The Labute approximate surface area is 189 Å². The second kappa shape index (κ2) is 8.11. The van der Waals surface area contributed by atoms with Crippen molar-refractivity contribution in [2.75, 3.05) is 0 Å². The SMILES string of the molecule is Cc1cnc2c(c1)c(C#N)c(-c1ncc(S(=O)(=O)N[C@@H](C)C(F)(F)F)cc1C)n2C1CCC1. The van der Waals surface area contributed by atoms with Crippen LogP contribution in [-0.4, -0.2) is 35.2 Å². The van der Waals surface area contributed by atoms with Gasteiger partial charge in [-0.15, -0.1) is 0 Å². The molecule has 4 rings (SSSR count). The maximum Gasteiger partial charge on any atom is 0.404 e. The highest BCUT2D eigenvalue weighted by atomic mass is 32.2. The molecule has 1 aliphatic rings. The Morgan fingerprint density at radius 3 is 2.45 bits per heavy atom. The summed E-state index contributed by atoms with van der Waals surface area (Å²) in [5, 5.41) is 10.7. The van der Waals surface area contributed by atoms with Crippen LogP contribution in [0, 0.1) is 25.2 Å². The lowest BCUT2D eigenvalue weighted by Crippen LogP contribution is -2.43. The molecule has 1 atom stereocenters. The van der Waals surface area contributed by atoms with Crippen LogP contribution in [0.5, 0.6) is 0 Å². The zero-order valence-electron chi connectivity index (χ0n) is 18.2. The van der Waals surface area contributed by atoms with Crippen molar-refractivity contribution in [2.45, 2.75) is 63.2 Å². The maximum atomic E-state index is 12.9. The average molecular weight is 478 g/mol. The number of fused-ring (bicyclic) bond motifs is 1. The van der Waals surface area contributed by atoms with Crippen molar-refractivity contribution in [3.05, 3.63) is 41.2 Å². The molecule has 0 saturated heterocycles. The molecule has 33 heavy (non-hydrogen) atoms. The van der Waals surface area contributed by atoms with Gasteiger partial charge in [0.25, 0.3) is 0 Å². The van der Waals surface area contributed by atoms with Gasteiger partial charge in [0.15, 0.2) is 0 Å². The Balaban J connectivity index is 1.86. The summed E-state index contributed by atoms with van der Waals surface area (Å²) in [6, 6.07) is 3.30.